The number of nitrogens with one attached hydrogen (secondary N) is 1. The molecule has 0 spiro atoms. The van der Waals surface area contributed by atoms with Gasteiger partial charge < -0.3 is 10.4 Å². The van der Waals surface area contributed by atoms with Crippen LogP contribution in [0.1, 0.15) is 63.8 Å². The third-order valence-electron chi connectivity index (χ3n) is 4.86. The van der Waals surface area contributed by atoms with Crippen LogP contribution in [0.3, 0.4) is 0 Å². The van der Waals surface area contributed by atoms with Crippen molar-refractivity contribution in [2.45, 2.75) is 59.3 Å². The van der Waals surface area contributed by atoms with Crippen molar-refractivity contribution in [1.82, 2.24) is 0 Å². The third-order valence-corrected chi connectivity index (χ3v) is 5.10. The maximum Gasteiger partial charge on any atom is 0.266 e. The Labute approximate surface area is 184 Å². The molecule has 0 saturated carbocycles. The number of carbonyl (C=O) groups excluding carboxylic acids is 1. The fourth-order valence-corrected chi connectivity index (χ4v) is 3.38. The molecule has 0 aliphatic rings. The Kier molecular flexibility index (Phi) is 6.69. The van der Waals surface area contributed by atoms with Crippen molar-refractivity contribution < 1.29 is 9.90 Å². The molecule has 2 aromatic carbocycles. The molecule has 0 aliphatic heterocycles. The quantitative estimate of drug-likeness (QED) is 0.436. The molecule has 5 heteroatoms. The van der Waals surface area contributed by atoms with Crippen LogP contribution in [0.2, 0.25) is 5.02 Å². The SMILES string of the molecule is Cc1cc(Cl)ccc1NC(=O)/C(C#N)=C/c1cc(C(C)(C)C)c(O)c(C(C)(C)C)c1. The topological polar surface area (TPSA) is 73.1 Å². The van der Waals surface area contributed by atoms with Gasteiger partial charge in [-0.05, 0) is 65.3 Å². The fraction of sp³-hybridized carbons (Fsp3) is 0.360. The van der Waals surface area contributed by atoms with Gasteiger partial charge in [0.15, 0.2) is 0 Å². The number of nitrogens with zero attached hydrogens (tertiary/aromatic N) is 1. The van der Waals surface area contributed by atoms with Gasteiger partial charge in [0.25, 0.3) is 5.91 Å². The van der Waals surface area contributed by atoms with Gasteiger partial charge >= 0.3 is 0 Å². The van der Waals surface area contributed by atoms with E-state index in [0.717, 1.165) is 16.7 Å². The minimum Gasteiger partial charge on any atom is -0.507 e. The number of nitriles is 1. The lowest BCUT2D eigenvalue weighted by atomic mass is 9.78. The molecule has 1 amide bonds. The van der Waals surface area contributed by atoms with Crippen LogP contribution in [-0.4, -0.2) is 11.0 Å². The third kappa shape index (κ3) is 5.43. The molecular formula is C25H29ClN2O2. The van der Waals surface area contributed by atoms with E-state index < -0.39 is 5.91 Å². The van der Waals surface area contributed by atoms with Crippen LogP contribution in [0.4, 0.5) is 5.69 Å². The molecule has 0 fully saturated rings. The molecule has 2 rings (SSSR count). The first-order chi connectivity index (χ1) is 13.7. The number of aryl methyl sites for hydroxylation is 1. The first kappa shape index (κ1) is 23.5. The van der Waals surface area contributed by atoms with Crippen LogP contribution in [0.15, 0.2) is 35.9 Å². The van der Waals surface area contributed by atoms with Crippen molar-refractivity contribution in [2.24, 2.45) is 0 Å². The number of amides is 1. The summed E-state index contributed by atoms with van der Waals surface area (Å²) in [4.78, 5) is 12.7. The van der Waals surface area contributed by atoms with E-state index in [4.69, 9.17) is 11.6 Å². The van der Waals surface area contributed by atoms with Crippen molar-refractivity contribution in [3.05, 3.63) is 63.2 Å². The molecule has 0 radical (unpaired) electrons. The highest BCUT2D eigenvalue weighted by Crippen LogP contribution is 2.40. The first-order valence-corrected chi connectivity index (χ1v) is 10.2. The number of aromatic hydroxyl groups is 1. The second-order valence-corrected chi connectivity index (χ2v) is 9.98. The number of phenolic OH excluding ortho intramolecular Hbond substituents is 1. The minimum absolute atomic E-state index is 0.0187. The molecule has 158 valence electrons. The number of hydrogen-bond donors (Lipinski definition) is 2. The number of anilines is 1. The second kappa shape index (κ2) is 8.53. The van der Waals surface area contributed by atoms with Gasteiger partial charge in [-0.25, -0.2) is 0 Å². The Morgan fingerprint density at radius 3 is 2.03 bits per heavy atom. The van der Waals surface area contributed by atoms with Crippen LogP contribution in [-0.2, 0) is 15.6 Å². The summed E-state index contributed by atoms with van der Waals surface area (Å²) in [6.07, 6.45) is 1.56. The van der Waals surface area contributed by atoms with Crippen LogP contribution >= 0.6 is 11.6 Å². The summed E-state index contributed by atoms with van der Waals surface area (Å²) in [5, 5.41) is 23.8. The van der Waals surface area contributed by atoms with Crippen LogP contribution in [0, 0.1) is 18.3 Å². The Balaban J connectivity index is 2.53. The maximum absolute atomic E-state index is 12.7. The highest BCUT2D eigenvalue weighted by atomic mass is 35.5. The highest BCUT2D eigenvalue weighted by molar-refractivity contribution is 6.30. The molecule has 0 saturated heterocycles. The van der Waals surface area contributed by atoms with Gasteiger partial charge in [-0.15, -0.1) is 0 Å². The molecule has 0 aromatic heterocycles. The van der Waals surface area contributed by atoms with Crippen molar-refractivity contribution in [3.8, 4) is 11.8 Å². The van der Waals surface area contributed by atoms with E-state index in [1.807, 2.05) is 66.7 Å². The molecule has 4 nitrogen and oxygen atoms in total. The molecule has 0 bridgehead atoms. The molecule has 2 aromatic rings. The number of rotatable bonds is 3. The van der Waals surface area contributed by atoms with Crippen LogP contribution < -0.4 is 5.32 Å². The number of phenols is 1. The lowest BCUT2D eigenvalue weighted by Crippen LogP contribution is -2.18. The zero-order valence-electron chi connectivity index (χ0n) is 18.6. The Bertz CT molecular complexity index is 1010. The summed E-state index contributed by atoms with van der Waals surface area (Å²) < 4.78 is 0. The average molecular weight is 425 g/mol. The lowest BCUT2D eigenvalue weighted by Gasteiger charge is -2.28. The molecule has 0 aliphatic carbocycles. The van der Waals surface area contributed by atoms with Crippen LogP contribution in [0.5, 0.6) is 5.75 Å². The van der Waals surface area contributed by atoms with E-state index in [1.54, 1.807) is 24.3 Å². The number of benzene rings is 2. The first-order valence-electron chi connectivity index (χ1n) is 9.81. The van der Waals surface area contributed by atoms with Crippen molar-refractivity contribution in [2.75, 3.05) is 5.32 Å². The summed E-state index contributed by atoms with van der Waals surface area (Å²) in [5.74, 6) is -0.238. The zero-order chi connectivity index (χ0) is 22.9. The minimum atomic E-state index is -0.495. The summed E-state index contributed by atoms with van der Waals surface area (Å²) in [5.41, 5.74) is 3.02. The van der Waals surface area contributed by atoms with E-state index >= 15 is 0 Å². The van der Waals surface area contributed by atoms with Gasteiger partial charge in [-0.2, -0.15) is 5.26 Å². The molecule has 0 atom stereocenters. The summed E-state index contributed by atoms with van der Waals surface area (Å²) in [6.45, 7) is 13.9. The molecule has 2 N–H and O–H groups in total. The molecule has 30 heavy (non-hydrogen) atoms. The van der Waals surface area contributed by atoms with Gasteiger partial charge in [0.2, 0.25) is 0 Å². The lowest BCUT2D eigenvalue weighted by molar-refractivity contribution is -0.112. The average Bonchev–Trinajstić information content (AvgIpc) is 2.61. The van der Waals surface area contributed by atoms with E-state index in [9.17, 15) is 15.2 Å². The summed E-state index contributed by atoms with van der Waals surface area (Å²) >= 11 is 5.97. The fourth-order valence-electron chi connectivity index (χ4n) is 3.16. The van der Waals surface area contributed by atoms with Crippen molar-refractivity contribution in [3.63, 3.8) is 0 Å². The van der Waals surface area contributed by atoms with E-state index in [-0.39, 0.29) is 22.2 Å². The monoisotopic (exact) mass is 424 g/mol. The van der Waals surface area contributed by atoms with Gasteiger partial charge in [-0.1, -0.05) is 53.1 Å². The van der Waals surface area contributed by atoms with Crippen molar-refractivity contribution in [1.29, 1.82) is 5.26 Å². The number of halogens is 1. The molecule has 0 unspecified atom stereocenters. The molecular weight excluding hydrogens is 396 g/mol. The zero-order valence-corrected chi connectivity index (χ0v) is 19.4. The van der Waals surface area contributed by atoms with E-state index in [0.29, 0.717) is 16.3 Å². The summed E-state index contributed by atoms with van der Waals surface area (Å²) in [7, 11) is 0. The normalized spacial score (nSPS) is 12.4. The predicted molar refractivity (Wildman–Crippen MR) is 124 cm³/mol. The van der Waals surface area contributed by atoms with E-state index in [2.05, 4.69) is 5.32 Å². The Morgan fingerprint density at radius 1 is 1.07 bits per heavy atom. The second-order valence-electron chi connectivity index (χ2n) is 9.55. The van der Waals surface area contributed by atoms with Gasteiger partial charge in [0, 0.05) is 21.8 Å². The predicted octanol–water partition coefficient (Wildman–Crippen LogP) is 6.49. The highest BCUT2D eigenvalue weighted by Gasteiger charge is 2.26. The molecule has 0 heterocycles. The standard InChI is InChI=1S/C25H29ClN2O2/c1-15-10-18(26)8-9-21(15)28-23(30)17(14-27)11-16-12-19(24(2,3)4)22(29)20(13-16)25(5,6)7/h8-13,29H,1-7H3,(H,28,30)/b17-11+. The smallest absolute Gasteiger partial charge is 0.266 e. The largest absolute Gasteiger partial charge is 0.507 e. The Hall–Kier alpha value is -2.77. The van der Waals surface area contributed by atoms with E-state index in [1.165, 1.54) is 0 Å². The number of hydrogen-bond acceptors (Lipinski definition) is 3. The van der Waals surface area contributed by atoms with Gasteiger partial charge in [-0.3, -0.25) is 4.79 Å². The van der Waals surface area contributed by atoms with Gasteiger partial charge in [0.1, 0.15) is 17.4 Å². The summed E-state index contributed by atoms with van der Waals surface area (Å²) in [6, 6.07) is 10.8. The van der Waals surface area contributed by atoms with Crippen molar-refractivity contribution >= 4 is 29.3 Å². The van der Waals surface area contributed by atoms with Gasteiger partial charge in [0.05, 0.1) is 0 Å². The Morgan fingerprint density at radius 2 is 1.60 bits per heavy atom. The number of carbonyl (C=O) groups is 1. The van der Waals surface area contributed by atoms with Crippen LogP contribution in [0.25, 0.3) is 6.08 Å². The maximum atomic E-state index is 12.7.